The van der Waals surface area contributed by atoms with Gasteiger partial charge in [-0.1, -0.05) is 137 Å². The molecule has 0 saturated carbocycles. The van der Waals surface area contributed by atoms with Crippen molar-refractivity contribution in [1.82, 2.24) is 0 Å². The molecule has 0 saturated heterocycles. The minimum absolute atomic E-state index is 0.351. The summed E-state index contributed by atoms with van der Waals surface area (Å²) in [5, 5.41) is 0. The molecule has 29 heavy (non-hydrogen) atoms. The second-order valence-electron chi connectivity index (χ2n) is 9.67. The van der Waals surface area contributed by atoms with E-state index in [1.807, 2.05) is 0 Å². The zero-order chi connectivity index (χ0) is 21.4. The summed E-state index contributed by atoms with van der Waals surface area (Å²) < 4.78 is 0. The quantitative estimate of drug-likeness (QED) is 0.106. The molecule has 0 radical (unpaired) electrons. The van der Waals surface area contributed by atoms with Crippen LogP contribution in [-0.4, -0.2) is 18.5 Å². The second-order valence-corrected chi connectivity index (χ2v) is 12.4. The van der Waals surface area contributed by atoms with E-state index in [0.717, 1.165) is 5.92 Å². The zero-order valence-corrected chi connectivity index (χ0v) is 22.2. The highest BCUT2D eigenvalue weighted by Crippen LogP contribution is 2.39. The molecule has 0 bridgehead atoms. The molecule has 0 heterocycles. The number of hydrogen-bond acceptors (Lipinski definition) is 0. The molecule has 0 aromatic carbocycles. The number of rotatable bonds is 24. The van der Waals surface area contributed by atoms with Gasteiger partial charge in [0.05, 0.1) is 0 Å². The zero-order valence-electron chi connectivity index (χ0n) is 21.3. The lowest BCUT2D eigenvalue weighted by Gasteiger charge is -2.21. The van der Waals surface area contributed by atoms with E-state index in [9.17, 15) is 0 Å². The minimum atomic E-state index is 0.351. The van der Waals surface area contributed by atoms with Crippen LogP contribution < -0.4 is 0 Å². The lowest BCUT2D eigenvalue weighted by Crippen LogP contribution is -2.04. The molecule has 0 aliphatic carbocycles. The Balaban J connectivity index is 4.16. The monoisotopic (exact) mass is 426 g/mol. The van der Waals surface area contributed by atoms with E-state index < -0.39 is 0 Å². The minimum Gasteiger partial charge on any atom is -0.107 e. The fourth-order valence-electron chi connectivity index (χ4n) is 4.56. The molecular formula is C28H59P. The van der Waals surface area contributed by atoms with Crippen molar-refractivity contribution >= 4 is 7.92 Å². The van der Waals surface area contributed by atoms with E-state index in [1.165, 1.54) is 122 Å². The summed E-state index contributed by atoms with van der Waals surface area (Å²) in [4.78, 5) is 0. The van der Waals surface area contributed by atoms with E-state index >= 15 is 0 Å². The summed E-state index contributed by atoms with van der Waals surface area (Å²) in [5.41, 5.74) is 0. The SMILES string of the molecule is CCCCCCCCC(CCCCCCCC)CCCP(CCCC)CCCC. The van der Waals surface area contributed by atoms with Crippen molar-refractivity contribution in [3.63, 3.8) is 0 Å². The molecule has 0 fully saturated rings. The third kappa shape index (κ3) is 21.4. The van der Waals surface area contributed by atoms with Crippen LogP contribution in [0.1, 0.15) is 156 Å². The van der Waals surface area contributed by atoms with Gasteiger partial charge < -0.3 is 0 Å². The van der Waals surface area contributed by atoms with Crippen LogP contribution in [0.2, 0.25) is 0 Å². The van der Waals surface area contributed by atoms with Crippen LogP contribution in [0.25, 0.3) is 0 Å². The van der Waals surface area contributed by atoms with Crippen molar-refractivity contribution in [1.29, 1.82) is 0 Å². The van der Waals surface area contributed by atoms with Gasteiger partial charge in [0.2, 0.25) is 0 Å². The van der Waals surface area contributed by atoms with Gasteiger partial charge in [-0.2, -0.15) is 0 Å². The molecule has 0 unspecified atom stereocenters. The van der Waals surface area contributed by atoms with Gasteiger partial charge in [0, 0.05) is 0 Å². The number of hydrogen-bond donors (Lipinski definition) is 0. The molecule has 1 heteroatoms. The fourth-order valence-corrected chi connectivity index (χ4v) is 7.39. The Morgan fingerprint density at radius 1 is 0.379 bits per heavy atom. The standard InChI is InChI=1S/C28H59P/c1-5-9-13-15-17-19-22-28(23-20-18-16-14-10-6-2)24-21-27-29(25-11-7-3)26-12-8-4/h28H,5-27H2,1-4H3. The highest BCUT2D eigenvalue weighted by atomic mass is 31.1. The molecule has 0 aromatic rings. The summed E-state index contributed by atoms with van der Waals surface area (Å²) in [7, 11) is 0.351. The highest BCUT2D eigenvalue weighted by molar-refractivity contribution is 7.57. The van der Waals surface area contributed by atoms with Crippen molar-refractivity contribution in [2.75, 3.05) is 18.5 Å². The first-order chi connectivity index (χ1) is 14.3. The van der Waals surface area contributed by atoms with Gasteiger partial charge in [-0.25, -0.2) is 0 Å². The van der Waals surface area contributed by atoms with Crippen LogP contribution in [0.5, 0.6) is 0 Å². The van der Waals surface area contributed by atoms with Crippen LogP contribution in [-0.2, 0) is 0 Å². The Bertz CT molecular complexity index is 264. The molecule has 0 rings (SSSR count). The lowest BCUT2D eigenvalue weighted by atomic mass is 9.90. The maximum Gasteiger partial charge on any atom is -0.0326 e. The summed E-state index contributed by atoms with van der Waals surface area (Å²) >= 11 is 0. The van der Waals surface area contributed by atoms with E-state index in [4.69, 9.17) is 0 Å². The van der Waals surface area contributed by atoms with E-state index in [2.05, 4.69) is 27.7 Å². The van der Waals surface area contributed by atoms with Crippen molar-refractivity contribution in [2.24, 2.45) is 5.92 Å². The Morgan fingerprint density at radius 2 is 0.724 bits per heavy atom. The van der Waals surface area contributed by atoms with E-state index in [0.29, 0.717) is 7.92 Å². The third-order valence-electron chi connectivity index (χ3n) is 6.67. The van der Waals surface area contributed by atoms with E-state index in [1.54, 1.807) is 24.9 Å². The fraction of sp³-hybridized carbons (Fsp3) is 1.00. The Kier molecular flexibility index (Phi) is 25.1. The molecule has 176 valence electrons. The van der Waals surface area contributed by atoms with Gasteiger partial charge in [-0.3, -0.25) is 0 Å². The van der Waals surface area contributed by atoms with Gasteiger partial charge in [-0.05, 0) is 43.7 Å². The Morgan fingerprint density at radius 3 is 1.17 bits per heavy atom. The van der Waals surface area contributed by atoms with Crippen molar-refractivity contribution in [2.45, 2.75) is 156 Å². The average molecular weight is 427 g/mol. The normalized spacial score (nSPS) is 11.8. The topological polar surface area (TPSA) is 0 Å². The van der Waals surface area contributed by atoms with Crippen molar-refractivity contribution in [3.8, 4) is 0 Å². The molecular weight excluding hydrogens is 367 g/mol. The van der Waals surface area contributed by atoms with Crippen molar-refractivity contribution in [3.05, 3.63) is 0 Å². The predicted octanol–water partition coefficient (Wildman–Crippen LogP) is 11.0. The molecule has 0 aromatic heterocycles. The van der Waals surface area contributed by atoms with Crippen molar-refractivity contribution < 1.29 is 0 Å². The van der Waals surface area contributed by atoms with Crippen LogP contribution >= 0.6 is 7.92 Å². The molecule has 0 spiro atoms. The van der Waals surface area contributed by atoms with Gasteiger partial charge in [0.1, 0.15) is 0 Å². The van der Waals surface area contributed by atoms with E-state index in [-0.39, 0.29) is 0 Å². The molecule has 0 amide bonds. The number of unbranched alkanes of at least 4 members (excludes halogenated alkanes) is 12. The summed E-state index contributed by atoms with van der Waals surface area (Å²) in [6.45, 7) is 9.38. The van der Waals surface area contributed by atoms with Crippen LogP contribution in [0, 0.1) is 5.92 Å². The Hall–Kier alpha value is 0.430. The first-order valence-electron chi connectivity index (χ1n) is 14.0. The van der Waals surface area contributed by atoms with Gasteiger partial charge in [0.25, 0.3) is 0 Å². The van der Waals surface area contributed by atoms with Gasteiger partial charge in [0.15, 0.2) is 0 Å². The Labute approximate surface area is 188 Å². The van der Waals surface area contributed by atoms with Gasteiger partial charge in [-0.15, -0.1) is 7.92 Å². The molecule has 0 atom stereocenters. The maximum atomic E-state index is 2.37. The summed E-state index contributed by atoms with van der Waals surface area (Å²) in [5.74, 6) is 1.04. The van der Waals surface area contributed by atoms with Crippen LogP contribution in [0.3, 0.4) is 0 Å². The summed E-state index contributed by atoms with van der Waals surface area (Å²) in [6.07, 6.45) is 34.1. The molecule has 0 aliphatic rings. The lowest BCUT2D eigenvalue weighted by molar-refractivity contribution is 0.378. The largest absolute Gasteiger partial charge is 0.107 e. The third-order valence-corrected chi connectivity index (χ3v) is 9.52. The second kappa shape index (κ2) is 24.7. The maximum absolute atomic E-state index is 2.37. The van der Waals surface area contributed by atoms with Gasteiger partial charge >= 0.3 is 0 Å². The average Bonchev–Trinajstić information content (AvgIpc) is 2.73. The first kappa shape index (κ1) is 29.4. The molecule has 0 nitrogen and oxygen atoms in total. The molecule has 0 N–H and O–H groups in total. The smallest absolute Gasteiger partial charge is 0.0326 e. The summed E-state index contributed by atoms with van der Waals surface area (Å²) in [6, 6.07) is 0. The van der Waals surface area contributed by atoms with Crippen LogP contribution in [0.4, 0.5) is 0 Å². The first-order valence-corrected chi connectivity index (χ1v) is 15.9. The highest BCUT2D eigenvalue weighted by Gasteiger charge is 2.12. The van der Waals surface area contributed by atoms with Crippen LogP contribution in [0.15, 0.2) is 0 Å². The molecule has 0 aliphatic heterocycles. The predicted molar refractivity (Wildman–Crippen MR) is 140 cm³/mol.